The van der Waals surface area contributed by atoms with E-state index in [2.05, 4.69) is 5.32 Å². The van der Waals surface area contributed by atoms with E-state index in [0.29, 0.717) is 30.0 Å². The maximum absolute atomic E-state index is 12.8. The average Bonchev–Trinajstić information content (AvgIpc) is 2.65. The summed E-state index contributed by atoms with van der Waals surface area (Å²) in [4.78, 5) is 12.6. The molecule has 1 atom stereocenters. The quantitative estimate of drug-likeness (QED) is 0.820. The highest BCUT2D eigenvalue weighted by molar-refractivity contribution is 7.88. The number of piperidine rings is 1. The number of hydrogen-bond acceptors (Lipinski definition) is 3. The summed E-state index contributed by atoms with van der Waals surface area (Å²) in [6, 6.07) is 14.5. The Kier molecular flexibility index (Phi) is 6.19. The summed E-state index contributed by atoms with van der Waals surface area (Å²) in [5.41, 5.74) is 2.41. The number of rotatable bonds is 5. The normalized spacial score (nSPS) is 18.2. The number of aryl methyl sites for hydroxylation is 1. The Morgan fingerprint density at radius 2 is 1.89 bits per heavy atom. The lowest BCUT2D eigenvalue weighted by molar-refractivity contribution is -0.120. The fourth-order valence-electron chi connectivity index (χ4n) is 3.19. The molecule has 2 aromatic carbocycles. The van der Waals surface area contributed by atoms with Gasteiger partial charge in [-0.3, -0.25) is 4.79 Å². The molecule has 0 aliphatic carbocycles. The third kappa shape index (κ3) is 5.09. The number of anilines is 1. The molecule has 1 heterocycles. The highest BCUT2D eigenvalue weighted by Gasteiger charge is 2.32. The molecule has 0 bridgehead atoms. The predicted molar refractivity (Wildman–Crippen MR) is 108 cm³/mol. The number of carbonyl (C=O) groups is 1. The van der Waals surface area contributed by atoms with Crippen LogP contribution in [0.4, 0.5) is 5.69 Å². The summed E-state index contributed by atoms with van der Waals surface area (Å²) < 4.78 is 27.0. The molecule has 1 fully saturated rings. The van der Waals surface area contributed by atoms with E-state index in [1.807, 2.05) is 31.2 Å². The SMILES string of the molecule is Cc1ccc(NC(=O)[C@@H]2CCCN(S(=O)(=O)Cc3ccccc3Cl)C2)cc1. The van der Waals surface area contributed by atoms with Crippen molar-refractivity contribution in [1.29, 1.82) is 0 Å². The van der Waals surface area contributed by atoms with Crippen molar-refractivity contribution < 1.29 is 13.2 Å². The Morgan fingerprint density at radius 1 is 1.19 bits per heavy atom. The van der Waals surface area contributed by atoms with Gasteiger partial charge in [0.1, 0.15) is 0 Å². The molecule has 0 saturated carbocycles. The lowest BCUT2D eigenvalue weighted by Crippen LogP contribution is -2.44. The van der Waals surface area contributed by atoms with Gasteiger partial charge in [0.05, 0.1) is 11.7 Å². The first kappa shape index (κ1) is 19.9. The first-order valence-corrected chi connectivity index (χ1v) is 10.9. The van der Waals surface area contributed by atoms with E-state index >= 15 is 0 Å². The summed E-state index contributed by atoms with van der Waals surface area (Å²) in [6.07, 6.45) is 1.34. The lowest BCUT2D eigenvalue weighted by Gasteiger charge is -2.31. The topological polar surface area (TPSA) is 66.5 Å². The minimum atomic E-state index is -3.53. The number of carbonyl (C=O) groups excluding carboxylic acids is 1. The molecule has 1 aliphatic heterocycles. The molecule has 144 valence electrons. The number of halogens is 1. The van der Waals surface area contributed by atoms with Crippen LogP contribution in [0.1, 0.15) is 24.0 Å². The molecule has 1 amide bonds. The highest BCUT2D eigenvalue weighted by Crippen LogP contribution is 2.25. The van der Waals surface area contributed by atoms with E-state index in [0.717, 1.165) is 11.3 Å². The highest BCUT2D eigenvalue weighted by atomic mass is 35.5. The number of amides is 1. The summed E-state index contributed by atoms with van der Waals surface area (Å²) in [5.74, 6) is -0.656. The fraction of sp³-hybridized carbons (Fsp3) is 0.350. The van der Waals surface area contributed by atoms with Crippen LogP contribution >= 0.6 is 11.6 Å². The van der Waals surface area contributed by atoms with Gasteiger partial charge in [0.15, 0.2) is 0 Å². The molecule has 0 spiro atoms. The molecule has 3 rings (SSSR count). The minimum Gasteiger partial charge on any atom is -0.326 e. The Hall–Kier alpha value is -1.89. The van der Waals surface area contributed by atoms with Gasteiger partial charge in [-0.05, 0) is 43.5 Å². The summed E-state index contributed by atoms with van der Waals surface area (Å²) in [5, 5.41) is 3.32. The Balaban J connectivity index is 1.66. The average molecular weight is 407 g/mol. The summed E-state index contributed by atoms with van der Waals surface area (Å²) in [7, 11) is -3.53. The molecule has 1 aliphatic rings. The fourth-order valence-corrected chi connectivity index (χ4v) is 5.12. The Labute approximate surface area is 165 Å². The van der Waals surface area contributed by atoms with Gasteiger partial charge in [-0.2, -0.15) is 0 Å². The van der Waals surface area contributed by atoms with Crippen LogP contribution in [0.3, 0.4) is 0 Å². The van der Waals surface area contributed by atoms with Crippen molar-refractivity contribution in [1.82, 2.24) is 4.31 Å². The van der Waals surface area contributed by atoms with Crippen LogP contribution in [-0.2, 0) is 20.6 Å². The van der Waals surface area contributed by atoms with Gasteiger partial charge in [-0.1, -0.05) is 47.5 Å². The molecular weight excluding hydrogens is 384 g/mol. The molecule has 0 aromatic heterocycles. The smallest absolute Gasteiger partial charge is 0.228 e. The Morgan fingerprint density at radius 3 is 2.59 bits per heavy atom. The first-order chi connectivity index (χ1) is 12.8. The van der Waals surface area contributed by atoms with Crippen LogP contribution < -0.4 is 5.32 Å². The van der Waals surface area contributed by atoms with E-state index in [1.165, 1.54) is 4.31 Å². The van der Waals surface area contributed by atoms with Crippen molar-refractivity contribution in [2.24, 2.45) is 5.92 Å². The van der Waals surface area contributed by atoms with Crippen LogP contribution in [0.25, 0.3) is 0 Å². The molecule has 27 heavy (non-hydrogen) atoms. The van der Waals surface area contributed by atoms with Gasteiger partial charge < -0.3 is 5.32 Å². The lowest BCUT2D eigenvalue weighted by atomic mass is 9.98. The third-order valence-electron chi connectivity index (χ3n) is 4.76. The monoisotopic (exact) mass is 406 g/mol. The maximum atomic E-state index is 12.8. The van der Waals surface area contributed by atoms with Crippen molar-refractivity contribution in [2.75, 3.05) is 18.4 Å². The number of benzene rings is 2. The zero-order valence-corrected chi connectivity index (χ0v) is 16.8. The van der Waals surface area contributed by atoms with Gasteiger partial charge in [0.25, 0.3) is 0 Å². The molecule has 7 heteroatoms. The summed E-state index contributed by atoms with van der Waals surface area (Å²) in [6.45, 7) is 2.61. The first-order valence-electron chi connectivity index (χ1n) is 8.94. The molecule has 1 N–H and O–H groups in total. The second-order valence-electron chi connectivity index (χ2n) is 6.90. The molecule has 0 radical (unpaired) electrons. The zero-order valence-electron chi connectivity index (χ0n) is 15.2. The molecule has 1 saturated heterocycles. The van der Waals surface area contributed by atoms with Gasteiger partial charge in [-0.15, -0.1) is 0 Å². The van der Waals surface area contributed by atoms with Crippen LogP contribution in [0.15, 0.2) is 48.5 Å². The standard InChI is InChI=1S/C20H23ClN2O3S/c1-15-8-10-18(11-9-15)22-20(24)16-6-4-12-23(13-16)27(25,26)14-17-5-2-3-7-19(17)21/h2-3,5,7-11,16H,4,6,12-14H2,1H3,(H,22,24)/t16-/m1/s1. The van der Waals surface area contributed by atoms with Crippen molar-refractivity contribution in [3.63, 3.8) is 0 Å². The van der Waals surface area contributed by atoms with E-state index in [1.54, 1.807) is 24.3 Å². The van der Waals surface area contributed by atoms with E-state index in [-0.39, 0.29) is 24.1 Å². The van der Waals surface area contributed by atoms with Crippen LogP contribution in [0.2, 0.25) is 5.02 Å². The second kappa shape index (κ2) is 8.42. The van der Waals surface area contributed by atoms with Crippen LogP contribution in [-0.4, -0.2) is 31.7 Å². The van der Waals surface area contributed by atoms with Crippen LogP contribution in [0.5, 0.6) is 0 Å². The number of nitrogens with zero attached hydrogens (tertiary/aromatic N) is 1. The molecular formula is C20H23ClN2O3S. The number of nitrogens with one attached hydrogen (secondary N) is 1. The summed E-state index contributed by atoms with van der Waals surface area (Å²) >= 11 is 6.10. The van der Waals surface area contributed by atoms with Gasteiger partial charge >= 0.3 is 0 Å². The third-order valence-corrected chi connectivity index (χ3v) is 6.93. The molecule has 0 unspecified atom stereocenters. The van der Waals surface area contributed by atoms with Crippen LogP contribution in [0, 0.1) is 12.8 Å². The molecule has 5 nitrogen and oxygen atoms in total. The van der Waals surface area contributed by atoms with Gasteiger partial charge in [-0.25, -0.2) is 12.7 Å². The van der Waals surface area contributed by atoms with E-state index < -0.39 is 10.0 Å². The maximum Gasteiger partial charge on any atom is 0.228 e. The van der Waals surface area contributed by atoms with Crippen molar-refractivity contribution >= 4 is 33.2 Å². The van der Waals surface area contributed by atoms with E-state index in [4.69, 9.17) is 11.6 Å². The van der Waals surface area contributed by atoms with Gasteiger partial charge in [0.2, 0.25) is 15.9 Å². The number of sulfonamides is 1. The van der Waals surface area contributed by atoms with E-state index in [9.17, 15) is 13.2 Å². The predicted octanol–water partition coefficient (Wildman–Crippen LogP) is 3.83. The van der Waals surface area contributed by atoms with Crippen molar-refractivity contribution in [3.05, 3.63) is 64.7 Å². The van der Waals surface area contributed by atoms with Crippen molar-refractivity contribution in [3.8, 4) is 0 Å². The van der Waals surface area contributed by atoms with Gasteiger partial charge in [0, 0.05) is 23.8 Å². The van der Waals surface area contributed by atoms with Crippen molar-refractivity contribution in [2.45, 2.75) is 25.5 Å². The second-order valence-corrected chi connectivity index (χ2v) is 9.28. The number of hydrogen-bond donors (Lipinski definition) is 1. The minimum absolute atomic E-state index is 0.142. The largest absolute Gasteiger partial charge is 0.326 e. The Bertz CT molecular complexity index is 913. The zero-order chi connectivity index (χ0) is 19.4. The molecule has 2 aromatic rings.